The molecule has 4 atom stereocenters. The molecule has 3 rings (SSSR count). The Morgan fingerprint density at radius 2 is 1.71 bits per heavy atom. The summed E-state index contributed by atoms with van der Waals surface area (Å²) < 4.78 is 23.2. The van der Waals surface area contributed by atoms with E-state index in [1.807, 2.05) is 12.2 Å². The van der Waals surface area contributed by atoms with E-state index in [2.05, 4.69) is 0 Å². The summed E-state index contributed by atoms with van der Waals surface area (Å²) in [6.07, 6.45) is 5.00. The van der Waals surface area contributed by atoms with Crippen LogP contribution in [0.2, 0.25) is 0 Å². The summed E-state index contributed by atoms with van der Waals surface area (Å²) in [5.41, 5.74) is 0. The highest BCUT2D eigenvalue weighted by atomic mass is 32.2. The largest absolute Gasteiger partial charge is 0.481 e. The fourth-order valence-corrected chi connectivity index (χ4v) is 5.14. The molecule has 21 heavy (non-hydrogen) atoms. The molecule has 1 saturated carbocycles. The number of nitrogens with zero attached hydrogens (tertiary/aromatic N) is 1. The van der Waals surface area contributed by atoms with E-state index in [1.165, 1.54) is 0 Å². The van der Waals surface area contributed by atoms with Crippen LogP contribution in [0.1, 0.15) is 12.8 Å². The van der Waals surface area contributed by atoms with E-state index in [9.17, 15) is 23.1 Å². The van der Waals surface area contributed by atoms with Gasteiger partial charge in [-0.1, -0.05) is 12.2 Å². The Labute approximate surface area is 123 Å². The topological polar surface area (TPSA) is 91.8 Å². The lowest BCUT2D eigenvalue weighted by Gasteiger charge is -2.29. The van der Waals surface area contributed by atoms with Crippen LogP contribution < -0.4 is 0 Å². The number of allylic oxidation sites excluding steroid dienone is 2. The summed E-state index contributed by atoms with van der Waals surface area (Å²) in [7, 11) is -3.07. The molecule has 1 heterocycles. The molecule has 3 aliphatic rings. The lowest BCUT2D eigenvalue weighted by molar-refractivity contribution is -0.150. The van der Waals surface area contributed by atoms with E-state index in [4.69, 9.17) is 0 Å². The molecule has 6 nitrogen and oxygen atoms in total. The number of sulfone groups is 1. The van der Waals surface area contributed by atoms with Crippen molar-refractivity contribution in [1.82, 2.24) is 4.90 Å². The van der Waals surface area contributed by atoms with Gasteiger partial charge in [-0.05, 0) is 24.7 Å². The smallest absolute Gasteiger partial charge is 0.307 e. The molecule has 7 heteroatoms. The summed E-state index contributed by atoms with van der Waals surface area (Å²) in [6, 6.07) is 0. The van der Waals surface area contributed by atoms with Crippen LogP contribution in [0.4, 0.5) is 0 Å². The maximum Gasteiger partial charge on any atom is 0.307 e. The summed E-state index contributed by atoms with van der Waals surface area (Å²) in [4.78, 5) is 25.7. The normalized spacial score (nSPS) is 37.4. The molecule has 2 unspecified atom stereocenters. The van der Waals surface area contributed by atoms with Gasteiger partial charge in [0.05, 0.1) is 23.3 Å². The number of hydrogen-bond acceptors (Lipinski definition) is 4. The van der Waals surface area contributed by atoms with E-state index in [0.29, 0.717) is 13.0 Å². The zero-order valence-electron chi connectivity index (χ0n) is 11.6. The Kier molecular flexibility index (Phi) is 3.55. The monoisotopic (exact) mass is 313 g/mol. The molecule has 1 aliphatic heterocycles. The number of hydrogen-bond donors (Lipinski definition) is 1. The van der Waals surface area contributed by atoms with E-state index >= 15 is 0 Å². The van der Waals surface area contributed by atoms with E-state index in [0.717, 1.165) is 6.42 Å². The van der Waals surface area contributed by atoms with Gasteiger partial charge in [0.2, 0.25) is 5.91 Å². The minimum atomic E-state index is -3.07. The number of fused-ring (bicyclic) bond motifs is 2. The number of rotatable bonds is 2. The van der Waals surface area contributed by atoms with Crippen molar-refractivity contribution in [3.8, 4) is 0 Å². The van der Waals surface area contributed by atoms with Gasteiger partial charge >= 0.3 is 5.97 Å². The molecule has 0 spiro atoms. The summed E-state index contributed by atoms with van der Waals surface area (Å²) in [6.45, 7) is 0.590. The van der Waals surface area contributed by atoms with Crippen LogP contribution in [0.5, 0.6) is 0 Å². The highest BCUT2D eigenvalue weighted by molar-refractivity contribution is 7.91. The van der Waals surface area contributed by atoms with Crippen LogP contribution in [0, 0.1) is 23.7 Å². The lowest BCUT2D eigenvalue weighted by atomic mass is 9.82. The fourth-order valence-electron chi connectivity index (χ4n) is 3.87. The van der Waals surface area contributed by atoms with Gasteiger partial charge in [-0.25, -0.2) is 8.42 Å². The second-order valence-electron chi connectivity index (χ2n) is 6.17. The van der Waals surface area contributed by atoms with Crippen LogP contribution in [-0.2, 0) is 19.4 Å². The van der Waals surface area contributed by atoms with Gasteiger partial charge in [-0.2, -0.15) is 0 Å². The van der Waals surface area contributed by atoms with Gasteiger partial charge in [0.1, 0.15) is 0 Å². The third kappa shape index (κ3) is 2.59. The van der Waals surface area contributed by atoms with Crippen molar-refractivity contribution in [3.63, 3.8) is 0 Å². The van der Waals surface area contributed by atoms with Crippen molar-refractivity contribution in [2.45, 2.75) is 12.8 Å². The summed E-state index contributed by atoms with van der Waals surface area (Å²) in [5, 5.41) is 9.39. The predicted molar refractivity (Wildman–Crippen MR) is 75.2 cm³/mol. The zero-order valence-corrected chi connectivity index (χ0v) is 12.5. The van der Waals surface area contributed by atoms with Crippen LogP contribution in [0.15, 0.2) is 12.2 Å². The number of carboxylic acids is 1. The van der Waals surface area contributed by atoms with Crippen LogP contribution in [0.3, 0.4) is 0 Å². The first kappa shape index (κ1) is 14.6. The van der Waals surface area contributed by atoms with Gasteiger partial charge < -0.3 is 10.0 Å². The Morgan fingerprint density at radius 1 is 1.05 bits per heavy atom. The van der Waals surface area contributed by atoms with Crippen molar-refractivity contribution in [3.05, 3.63) is 12.2 Å². The number of carbonyl (C=O) groups excluding carboxylic acids is 1. The number of amides is 1. The van der Waals surface area contributed by atoms with Gasteiger partial charge in [0, 0.05) is 13.1 Å². The molecular formula is C14H19NO5S. The second kappa shape index (κ2) is 5.12. The van der Waals surface area contributed by atoms with E-state index in [1.54, 1.807) is 4.90 Å². The first-order chi connectivity index (χ1) is 9.89. The molecule has 0 aromatic heterocycles. The Morgan fingerprint density at radius 3 is 2.38 bits per heavy atom. The first-order valence-corrected chi connectivity index (χ1v) is 9.11. The second-order valence-corrected chi connectivity index (χ2v) is 8.47. The maximum absolute atomic E-state index is 12.7. The Bertz CT molecular complexity index is 596. The van der Waals surface area contributed by atoms with Crippen LogP contribution >= 0.6 is 0 Å². The first-order valence-electron chi connectivity index (χ1n) is 7.29. The average Bonchev–Trinajstić information content (AvgIpc) is 2.97. The third-order valence-electron chi connectivity index (χ3n) is 4.90. The highest BCUT2D eigenvalue weighted by Gasteiger charge is 2.52. The highest BCUT2D eigenvalue weighted by Crippen LogP contribution is 2.48. The minimum absolute atomic E-state index is 0.0107. The quantitative estimate of drug-likeness (QED) is 0.733. The average molecular weight is 313 g/mol. The molecule has 0 radical (unpaired) electrons. The van der Waals surface area contributed by atoms with Crippen molar-refractivity contribution in [1.29, 1.82) is 0 Å². The molecule has 0 aromatic rings. The standard InChI is InChI=1S/C14H19NO5S/c16-13(15-4-1-6-21(19,20)7-5-15)11-9-2-3-10(8-9)12(11)14(17)18/h2-3,9-12H,1,4-8H2,(H,17,18)/t9?,10?,11-,12+/m0/s1. The van der Waals surface area contributed by atoms with Crippen LogP contribution in [-0.4, -0.2) is 54.9 Å². The van der Waals surface area contributed by atoms with Crippen molar-refractivity contribution < 1.29 is 23.1 Å². The third-order valence-corrected chi connectivity index (χ3v) is 6.61. The maximum atomic E-state index is 12.7. The van der Waals surface area contributed by atoms with Crippen LogP contribution in [0.25, 0.3) is 0 Å². The van der Waals surface area contributed by atoms with Crippen molar-refractivity contribution in [2.75, 3.05) is 24.6 Å². The fraction of sp³-hybridized carbons (Fsp3) is 0.714. The summed E-state index contributed by atoms with van der Waals surface area (Å²) in [5.74, 6) is -2.28. The van der Waals surface area contributed by atoms with Gasteiger partial charge in [-0.3, -0.25) is 9.59 Å². The van der Waals surface area contributed by atoms with Crippen molar-refractivity contribution in [2.24, 2.45) is 23.7 Å². The number of aliphatic carboxylic acids is 1. The molecule has 2 bridgehead atoms. The lowest BCUT2D eigenvalue weighted by Crippen LogP contribution is -2.44. The van der Waals surface area contributed by atoms with Crippen molar-refractivity contribution >= 4 is 21.7 Å². The van der Waals surface area contributed by atoms with Gasteiger partial charge in [-0.15, -0.1) is 0 Å². The van der Waals surface area contributed by atoms with Gasteiger partial charge in [0.25, 0.3) is 0 Å². The number of carbonyl (C=O) groups is 2. The Hall–Kier alpha value is -1.37. The molecule has 2 fully saturated rings. The summed E-state index contributed by atoms with van der Waals surface area (Å²) >= 11 is 0. The zero-order chi connectivity index (χ0) is 15.2. The molecule has 2 aliphatic carbocycles. The molecule has 1 N–H and O–H groups in total. The molecule has 1 amide bonds. The number of carboxylic acid groups (broad SMARTS) is 1. The molecule has 116 valence electrons. The minimum Gasteiger partial charge on any atom is -0.481 e. The molecule has 0 aromatic carbocycles. The van der Waals surface area contributed by atoms with E-state index in [-0.39, 0.29) is 35.8 Å². The predicted octanol–water partition coefficient (Wildman–Crippen LogP) is 0.156. The van der Waals surface area contributed by atoms with Gasteiger partial charge in [0.15, 0.2) is 9.84 Å². The molecular weight excluding hydrogens is 294 g/mol. The molecule has 1 saturated heterocycles. The SMILES string of the molecule is O=C(O)[C@@H]1C2C=CC(C2)[C@@H]1C(=O)N1CCCS(=O)(=O)CC1. The van der Waals surface area contributed by atoms with E-state index < -0.39 is 27.6 Å². The Balaban J connectivity index is 1.78.